The second-order valence-electron chi connectivity index (χ2n) is 8.01. The lowest BCUT2D eigenvalue weighted by molar-refractivity contribution is -0.0450. The Hall–Kier alpha value is -1.48. The lowest BCUT2D eigenvalue weighted by Crippen LogP contribution is -2.67. The van der Waals surface area contributed by atoms with Crippen LogP contribution in [0.3, 0.4) is 0 Å². The summed E-state index contributed by atoms with van der Waals surface area (Å²) < 4.78 is 0. The third-order valence-corrected chi connectivity index (χ3v) is 5.85. The first kappa shape index (κ1) is 19.8. The van der Waals surface area contributed by atoms with Crippen LogP contribution in [0.5, 0.6) is 0 Å². The zero-order valence-corrected chi connectivity index (χ0v) is 17.4. The molecule has 3 heterocycles. The molecule has 3 rings (SSSR count). The fourth-order valence-electron chi connectivity index (χ4n) is 4.70. The lowest BCUT2D eigenvalue weighted by Gasteiger charge is -2.56. The van der Waals surface area contributed by atoms with E-state index in [2.05, 4.69) is 69.0 Å². The molecule has 3 aliphatic heterocycles. The molecule has 1 unspecified atom stereocenters. The van der Waals surface area contributed by atoms with Crippen molar-refractivity contribution in [2.75, 3.05) is 19.6 Å². The molecular formula is C22H37N3. The highest BCUT2D eigenvalue weighted by Crippen LogP contribution is 2.52. The van der Waals surface area contributed by atoms with E-state index in [1.165, 1.54) is 29.8 Å². The van der Waals surface area contributed by atoms with Crippen molar-refractivity contribution in [2.45, 2.75) is 67.0 Å². The number of fused-ring (bicyclic) bond motifs is 2. The lowest BCUT2D eigenvalue weighted by atomic mass is 9.72. The van der Waals surface area contributed by atoms with Crippen LogP contribution in [-0.4, -0.2) is 35.1 Å². The molecule has 0 radical (unpaired) electrons. The quantitative estimate of drug-likeness (QED) is 0.759. The van der Waals surface area contributed by atoms with Gasteiger partial charge in [0.25, 0.3) is 0 Å². The molecular weight excluding hydrogens is 306 g/mol. The second kappa shape index (κ2) is 7.03. The highest BCUT2D eigenvalue weighted by Gasteiger charge is 2.58. The van der Waals surface area contributed by atoms with Crippen LogP contribution in [0.2, 0.25) is 0 Å². The Labute approximate surface area is 155 Å². The van der Waals surface area contributed by atoms with Crippen molar-refractivity contribution in [1.82, 2.24) is 15.1 Å². The molecule has 1 N–H and O–H groups in total. The maximum absolute atomic E-state index is 4.41. The summed E-state index contributed by atoms with van der Waals surface area (Å²) in [6.45, 7) is 27.5. The molecule has 0 bridgehead atoms. The van der Waals surface area contributed by atoms with Gasteiger partial charge >= 0.3 is 0 Å². The molecule has 2 fully saturated rings. The van der Waals surface area contributed by atoms with Gasteiger partial charge in [0.1, 0.15) is 5.66 Å². The number of nitrogens with zero attached hydrogens (tertiary/aromatic N) is 2. The Balaban J connectivity index is 0.00000109. The summed E-state index contributed by atoms with van der Waals surface area (Å²) in [7, 11) is 0. The van der Waals surface area contributed by atoms with E-state index >= 15 is 0 Å². The molecule has 0 saturated carbocycles. The van der Waals surface area contributed by atoms with Gasteiger partial charge in [0.05, 0.1) is 11.4 Å². The molecule has 1 atom stereocenters. The summed E-state index contributed by atoms with van der Waals surface area (Å²) in [4.78, 5) is 5.06. The van der Waals surface area contributed by atoms with E-state index in [0.717, 1.165) is 30.9 Å². The molecule has 0 aromatic carbocycles. The third-order valence-electron chi connectivity index (χ3n) is 5.85. The minimum absolute atomic E-state index is 0.103. The first-order valence-electron chi connectivity index (χ1n) is 9.82. The van der Waals surface area contributed by atoms with Crippen LogP contribution in [-0.2, 0) is 0 Å². The predicted molar refractivity (Wildman–Crippen MR) is 109 cm³/mol. The van der Waals surface area contributed by atoms with Crippen LogP contribution >= 0.6 is 0 Å². The van der Waals surface area contributed by atoms with Crippen LogP contribution in [0.1, 0.15) is 61.3 Å². The Morgan fingerprint density at radius 3 is 2.40 bits per heavy atom. The van der Waals surface area contributed by atoms with Crippen LogP contribution in [0, 0.1) is 5.41 Å². The predicted octanol–water partition coefficient (Wildman–Crippen LogP) is 5.02. The molecule has 3 heteroatoms. The molecule has 0 aliphatic carbocycles. The SMILES string of the molecule is C=C1NC2(CCN(CCC)CC2(C)C)N2C(=C)C(C)=CC(C)=C12.CC. The van der Waals surface area contributed by atoms with Crippen LogP contribution in [0.15, 0.2) is 47.5 Å². The Morgan fingerprint density at radius 1 is 1.20 bits per heavy atom. The van der Waals surface area contributed by atoms with Gasteiger partial charge < -0.3 is 15.1 Å². The van der Waals surface area contributed by atoms with Crippen molar-refractivity contribution in [3.05, 3.63) is 47.5 Å². The van der Waals surface area contributed by atoms with E-state index in [1.807, 2.05) is 13.8 Å². The van der Waals surface area contributed by atoms with Crippen LogP contribution in [0.4, 0.5) is 0 Å². The van der Waals surface area contributed by atoms with E-state index in [-0.39, 0.29) is 11.1 Å². The maximum Gasteiger partial charge on any atom is 0.123 e. The monoisotopic (exact) mass is 343 g/mol. The topological polar surface area (TPSA) is 18.5 Å². The highest BCUT2D eigenvalue weighted by molar-refractivity contribution is 5.53. The van der Waals surface area contributed by atoms with Gasteiger partial charge in [-0.2, -0.15) is 0 Å². The smallest absolute Gasteiger partial charge is 0.123 e. The molecule has 0 amide bonds. The number of rotatable bonds is 2. The van der Waals surface area contributed by atoms with E-state index in [9.17, 15) is 0 Å². The van der Waals surface area contributed by atoms with Gasteiger partial charge in [0.15, 0.2) is 0 Å². The fourth-order valence-corrected chi connectivity index (χ4v) is 4.70. The molecule has 0 aromatic heterocycles. The number of allylic oxidation sites excluding steroid dienone is 3. The minimum Gasteiger partial charge on any atom is -0.361 e. The molecule has 1 spiro atoms. The van der Waals surface area contributed by atoms with Crippen molar-refractivity contribution >= 4 is 0 Å². The average molecular weight is 344 g/mol. The number of hydrogen-bond acceptors (Lipinski definition) is 3. The third kappa shape index (κ3) is 2.97. The zero-order valence-electron chi connectivity index (χ0n) is 17.4. The summed E-state index contributed by atoms with van der Waals surface area (Å²) in [5.74, 6) is 0. The Morgan fingerprint density at radius 2 is 1.84 bits per heavy atom. The van der Waals surface area contributed by atoms with Gasteiger partial charge in [-0.25, -0.2) is 0 Å². The first-order chi connectivity index (χ1) is 11.7. The molecule has 140 valence electrons. The van der Waals surface area contributed by atoms with Gasteiger partial charge in [0, 0.05) is 30.6 Å². The number of nitrogens with one attached hydrogen (secondary N) is 1. The summed E-state index contributed by atoms with van der Waals surface area (Å²) >= 11 is 0. The van der Waals surface area contributed by atoms with E-state index in [4.69, 9.17) is 0 Å². The highest BCUT2D eigenvalue weighted by atomic mass is 15.4. The molecule has 0 aromatic rings. The van der Waals surface area contributed by atoms with Gasteiger partial charge in [-0.15, -0.1) is 0 Å². The molecule has 25 heavy (non-hydrogen) atoms. The van der Waals surface area contributed by atoms with Crippen molar-refractivity contribution in [3.8, 4) is 0 Å². The molecule has 3 nitrogen and oxygen atoms in total. The van der Waals surface area contributed by atoms with Crippen molar-refractivity contribution < 1.29 is 0 Å². The average Bonchev–Trinajstić information content (AvgIpc) is 2.86. The van der Waals surface area contributed by atoms with Gasteiger partial charge in [-0.05, 0) is 38.0 Å². The van der Waals surface area contributed by atoms with E-state index in [1.54, 1.807) is 0 Å². The van der Waals surface area contributed by atoms with E-state index < -0.39 is 0 Å². The summed E-state index contributed by atoms with van der Waals surface area (Å²) in [5, 5.41) is 3.80. The first-order valence-corrected chi connectivity index (χ1v) is 9.82. The van der Waals surface area contributed by atoms with Gasteiger partial charge in [-0.1, -0.05) is 53.9 Å². The molecule has 2 saturated heterocycles. The molecule has 3 aliphatic rings. The summed E-state index contributed by atoms with van der Waals surface area (Å²) in [6.07, 6.45) is 4.53. The standard InChI is InChI=1S/C20H31N3.C2H6/c1-8-10-22-11-9-20(19(6,7)13-22)21-16(4)18-15(3)12-14(2)17(5)23(18)20;1-2/h12,21H,4-5,8-11,13H2,1-3,6-7H3;1-2H3. The van der Waals surface area contributed by atoms with Crippen molar-refractivity contribution in [2.24, 2.45) is 5.41 Å². The van der Waals surface area contributed by atoms with Crippen molar-refractivity contribution in [1.29, 1.82) is 0 Å². The van der Waals surface area contributed by atoms with Crippen LogP contribution < -0.4 is 5.32 Å². The summed E-state index contributed by atoms with van der Waals surface area (Å²) in [5.41, 5.74) is 5.93. The number of likely N-dealkylation sites (tertiary alicyclic amines) is 1. The van der Waals surface area contributed by atoms with Crippen molar-refractivity contribution in [3.63, 3.8) is 0 Å². The number of piperidine rings is 1. The minimum atomic E-state index is -0.114. The fraction of sp³-hybridized carbons (Fsp3) is 0.636. The Kier molecular flexibility index (Phi) is 5.58. The van der Waals surface area contributed by atoms with Gasteiger partial charge in [-0.3, -0.25) is 0 Å². The zero-order chi connectivity index (χ0) is 19.0. The normalized spacial score (nSPS) is 28.4. The van der Waals surface area contributed by atoms with E-state index in [0.29, 0.717) is 0 Å². The maximum atomic E-state index is 4.41. The second-order valence-corrected chi connectivity index (χ2v) is 8.01. The van der Waals surface area contributed by atoms with Crippen LogP contribution in [0.25, 0.3) is 0 Å². The van der Waals surface area contributed by atoms with Gasteiger partial charge in [0.2, 0.25) is 0 Å². The number of hydrogen-bond donors (Lipinski definition) is 1. The summed E-state index contributed by atoms with van der Waals surface area (Å²) in [6, 6.07) is 0. The Bertz CT molecular complexity index is 623. The largest absolute Gasteiger partial charge is 0.361 e.